The summed E-state index contributed by atoms with van der Waals surface area (Å²) in [6.45, 7) is 8.19. The van der Waals surface area contributed by atoms with E-state index < -0.39 is 50.8 Å². The third kappa shape index (κ3) is 9.68. The van der Waals surface area contributed by atoms with Crippen LogP contribution in [0.3, 0.4) is 0 Å². The lowest BCUT2D eigenvalue weighted by molar-refractivity contribution is -0.138. The molecule has 1 aliphatic carbocycles. The van der Waals surface area contributed by atoms with Gasteiger partial charge in [0.15, 0.2) is 0 Å². The van der Waals surface area contributed by atoms with Crippen molar-refractivity contribution in [3.8, 4) is 0 Å². The van der Waals surface area contributed by atoms with Crippen molar-refractivity contribution in [1.29, 1.82) is 0 Å². The van der Waals surface area contributed by atoms with Crippen molar-refractivity contribution in [3.05, 3.63) is 64.9 Å². The van der Waals surface area contributed by atoms with Gasteiger partial charge in [-0.1, -0.05) is 6.07 Å². The number of imide groups is 1. The van der Waals surface area contributed by atoms with Crippen LogP contribution in [0.1, 0.15) is 87.8 Å². The summed E-state index contributed by atoms with van der Waals surface area (Å²) in [6, 6.07) is 6.49. The van der Waals surface area contributed by atoms with Gasteiger partial charge in [0.25, 0.3) is 0 Å². The molecule has 7 rings (SSSR count). The zero-order chi connectivity index (χ0) is 43.1. The van der Waals surface area contributed by atoms with E-state index in [4.69, 9.17) is 0 Å². The molecule has 0 radical (unpaired) electrons. The number of sulfonamides is 1. The predicted molar refractivity (Wildman–Crippen MR) is 214 cm³/mol. The average Bonchev–Trinajstić information content (AvgIpc) is 3.17. The van der Waals surface area contributed by atoms with Crippen LogP contribution < -0.4 is 25.2 Å². The maximum absolute atomic E-state index is 15.7. The quantitative estimate of drug-likeness (QED) is 0.145. The van der Waals surface area contributed by atoms with E-state index in [9.17, 15) is 36.3 Å². The molecule has 3 aromatic rings. The number of carbonyl (C=O) groups is 2. The summed E-state index contributed by atoms with van der Waals surface area (Å²) >= 11 is 0. The van der Waals surface area contributed by atoms with Crippen LogP contribution >= 0.6 is 0 Å². The SMILES string of the molecule is Cc1c(C2CCC(=O)NC2=O)ccc(N2CCN(CC3CCC(NS(=O)(=O)c4ccc(Nc5ncc(C(F)(F)F)c(N6CCC[C@](C)(O)C6)n5)c(F)c4)CC3)[C@@H](C)C2)c1F. The first-order chi connectivity index (χ1) is 28.3. The summed E-state index contributed by atoms with van der Waals surface area (Å²) < 4.78 is 102. The van der Waals surface area contributed by atoms with Gasteiger partial charge in [-0.3, -0.25) is 19.8 Å². The lowest BCUT2D eigenvalue weighted by atomic mass is 9.85. The Balaban J connectivity index is 0.912. The Morgan fingerprint density at radius 2 is 1.77 bits per heavy atom. The van der Waals surface area contributed by atoms with Crippen LogP contribution in [0.5, 0.6) is 0 Å². The molecule has 4 heterocycles. The lowest BCUT2D eigenvalue weighted by Crippen LogP contribution is -2.53. The third-order valence-corrected chi connectivity index (χ3v) is 13.9. The van der Waals surface area contributed by atoms with Gasteiger partial charge < -0.3 is 20.2 Å². The van der Waals surface area contributed by atoms with Crippen molar-refractivity contribution in [2.75, 3.05) is 54.4 Å². The molecule has 3 atom stereocenters. The Hall–Kier alpha value is -4.46. The molecule has 4 fully saturated rings. The Kier molecular flexibility index (Phi) is 12.5. The monoisotopic (exact) mass is 862 g/mol. The number of nitrogens with zero attached hydrogens (tertiary/aromatic N) is 5. The van der Waals surface area contributed by atoms with Gasteiger partial charge in [-0.2, -0.15) is 18.2 Å². The highest BCUT2D eigenvalue weighted by Gasteiger charge is 2.40. The number of piperidine rings is 2. The van der Waals surface area contributed by atoms with E-state index >= 15 is 8.78 Å². The van der Waals surface area contributed by atoms with E-state index in [0.717, 1.165) is 25.5 Å². The third-order valence-electron chi connectivity index (χ3n) is 12.3. The first kappa shape index (κ1) is 43.6. The molecule has 0 spiro atoms. The molecular formula is C41H51F5N8O5S. The number of nitrogens with one attached hydrogen (secondary N) is 3. The number of piperazine rings is 1. The van der Waals surface area contributed by atoms with E-state index in [2.05, 4.69) is 37.1 Å². The topological polar surface area (TPSA) is 160 Å². The van der Waals surface area contributed by atoms with E-state index in [1.807, 2.05) is 4.90 Å². The molecule has 2 amide bonds. The molecule has 1 unspecified atom stereocenters. The van der Waals surface area contributed by atoms with Gasteiger partial charge in [-0.05, 0) is 107 Å². The summed E-state index contributed by atoms with van der Waals surface area (Å²) in [5.41, 5.74) is -1.06. The van der Waals surface area contributed by atoms with Crippen molar-refractivity contribution in [2.24, 2.45) is 5.92 Å². The number of rotatable bonds is 10. The van der Waals surface area contributed by atoms with Gasteiger partial charge in [0.05, 0.1) is 27.8 Å². The lowest BCUT2D eigenvalue weighted by Gasteiger charge is -2.43. The normalized spacial score (nSPS) is 25.9. The Morgan fingerprint density at radius 3 is 2.43 bits per heavy atom. The largest absolute Gasteiger partial charge is 0.421 e. The van der Waals surface area contributed by atoms with E-state index in [1.54, 1.807) is 19.1 Å². The molecule has 4 N–H and O–H groups in total. The number of hydrogen-bond donors (Lipinski definition) is 4. The molecule has 326 valence electrons. The van der Waals surface area contributed by atoms with Gasteiger partial charge in [0.1, 0.15) is 23.0 Å². The molecule has 3 saturated heterocycles. The fourth-order valence-electron chi connectivity index (χ4n) is 9.02. The Labute approximate surface area is 346 Å². The molecule has 0 bridgehead atoms. The zero-order valence-corrected chi connectivity index (χ0v) is 34.6. The standard InChI is InChI=1S/C41H51F5N8O5S/c1-24-21-53(34-13-10-29(25(2)36(34)43)30-11-14-35(55)49-38(30)56)18-17-52(24)22-26-5-7-27(8-6-26)51-60(58,59)28-9-12-33(32(42)19-28)48-39-47-20-31(41(44,45)46)37(50-39)54-16-4-15-40(3,57)23-54/h9-10,12-13,19-20,24,26-27,30,51,57H,4-8,11,14-18,21-23H2,1-3H3,(H,47,48,50)(H,49,55,56)/t24-,26?,27?,30?,40-/m0/s1. The maximum atomic E-state index is 15.7. The van der Waals surface area contributed by atoms with Crippen LogP contribution in [0.15, 0.2) is 41.4 Å². The summed E-state index contributed by atoms with van der Waals surface area (Å²) in [6.07, 6.45) is -0.0301. The smallest absolute Gasteiger partial charge is 0.388 e. The predicted octanol–water partition coefficient (Wildman–Crippen LogP) is 5.74. The number of amides is 2. The second-order valence-electron chi connectivity index (χ2n) is 17.0. The van der Waals surface area contributed by atoms with Crippen LogP contribution in [-0.4, -0.2) is 97.2 Å². The second kappa shape index (κ2) is 17.1. The highest BCUT2D eigenvalue weighted by atomic mass is 32.2. The number of β-amino-alcohol motifs (C(OH)–C–C–N with tert-alkyl or cyclic N) is 1. The fraction of sp³-hybridized carbons (Fsp3) is 0.561. The Morgan fingerprint density at radius 1 is 1.02 bits per heavy atom. The number of alkyl halides is 3. The number of aromatic nitrogens is 2. The van der Waals surface area contributed by atoms with Crippen LogP contribution in [-0.2, 0) is 25.8 Å². The molecule has 19 heteroatoms. The van der Waals surface area contributed by atoms with Gasteiger partial charge in [0.2, 0.25) is 27.8 Å². The van der Waals surface area contributed by atoms with Crippen molar-refractivity contribution < 1.29 is 45.1 Å². The van der Waals surface area contributed by atoms with Gasteiger partial charge in [-0.25, -0.2) is 26.9 Å². The minimum absolute atomic E-state index is 0.0866. The first-order valence-electron chi connectivity index (χ1n) is 20.4. The van der Waals surface area contributed by atoms with Crippen LogP contribution in [0.4, 0.5) is 45.1 Å². The van der Waals surface area contributed by atoms with Crippen molar-refractivity contribution in [3.63, 3.8) is 0 Å². The van der Waals surface area contributed by atoms with Crippen molar-refractivity contribution in [2.45, 2.75) is 107 Å². The summed E-state index contributed by atoms with van der Waals surface area (Å²) in [5.74, 6) is -3.06. The molecule has 1 aromatic heterocycles. The zero-order valence-electron chi connectivity index (χ0n) is 33.8. The van der Waals surface area contributed by atoms with Gasteiger partial charge in [-0.15, -0.1) is 0 Å². The number of carbonyl (C=O) groups excluding carboxylic acids is 2. The summed E-state index contributed by atoms with van der Waals surface area (Å²) in [4.78, 5) is 37.3. The maximum Gasteiger partial charge on any atom is 0.421 e. The van der Waals surface area contributed by atoms with E-state index in [0.29, 0.717) is 80.7 Å². The number of aliphatic hydroxyl groups is 1. The molecule has 60 heavy (non-hydrogen) atoms. The Bertz CT molecular complexity index is 2220. The minimum Gasteiger partial charge on any atom is -0.388 e. The molecule has 2 aromatic carbocycles. The molecule has 13 nitrogen and oxygen atoms in total. The van der Waals surface area contributed by atoms with Crippen molar-refractivity contribution >= 4 is 45.0 Å². The average molecular weight is 863 g/mol. The number of hydrogen-bond acceptors (Lipinski definition) is 11. The number of anilines is 4. The first-order valence-corrected chi connectivity index (χ1v) is 21.9. The van der Waals surface area contributed by atoms with E-state index in [1.165, 1.54) is 24.0 Å². The highest BCUT2D eigenvalue weighted by Crippen LogP contribution is 2.39. The molecular weight excluding hydrogens is 812 g/mol. The molecule has 1 saturated carbocycles. The van der Waals surface area contributed by atoms with Crippen LogP contribution in [0.25, 0.3) is 0 Å². The van der Waals surface area contributed by atoms with E-state index in [-0.39, 0.29) is 59.8 Å². The molecule has 4 aliphatic rings. The fourth-order valence-corrected chi connectivity index (χ4v) is 10.3. The second-order valence-corrected chi connectivity index (χ2v) is 18.7. The van der Waals surface area contributed by atoms with Crippen molar-refractivity contribution in [1.82, 2.24) is 24.9 Å². The highest BCUT2D eigenvalue weighted by molar-refractivity contribution is 7.89. The van der Waals surface area contributed by atoms with Gasteiger partial charge in [0, 0.05) is 64.0 Å². The number of halogens is 5. The molecule has 3 aliphatic heterocycles. The number of benzene rings is 2. The summed E-state index contributed by atoms with van der Waals surface area (Å²) in [7, 11) is -4.12. The van der Waals surface area contributed by atoms with Crippen LogP contribution in [0.2, 0.25) is 0 Å². The summed E-state index contributed by atoms with van der Waals surface area (Å²) in [5, 5.41) is 15.4. The van der Waals surface area contributed by atoms with Gasteiger partial charge >= 0.3 is 6.18 Å². The van der Waals surface area contributed by atoms with Crippen LogP contribution in [0, 0.1) is 24.5 Å². The minimum atomic E-state index is -4.78.